The summed E-state index contributed by atoms with van der Waals surface area (Å²) in [5.74, 6) is -0.776. The van der Waals surface area contributed by atoms with Crippen LogP contribution in [-0.2, 0) is 11.3 Å². The van der Waals surface area contributed by atoms with Crippen molar-refractivity contribution in [3.05, 3.63) is 44.8 Å². The van der Waals surface area contributed by atoms with Gasteiger partial charge in [-0.2, -0.15) is 0 Å². The van der Waals surface area contributed by atoms with Gasteiger partial charge < -0.3 is 10.4 Å². The maximum Gasteiger partial charge on any atom is 0.305 e. The smallest absolute Gasteiger partial charge is 0.305 e. The maximum atomic E-state index is 10.8. The summed E-state index contributed by atoms with van der Waals surface area (Å²) in [6.45, 7) is 0.716. The van der Waals surface area contributed by atoms with Crippen LogP contribution in [0.3, 0.4) is 0 Å². The third kappa shape index (κ3) is 3.66. The average molecular weight is 267 g/mol. The molecule has 3 nitrogen and oxygen atoms in total. The molecule has 0 radical (unpaired) electrons. The largest absolute Gasteiger partial charge is 0.481 e. The minimum Gasteiger partial charge on any atom is -0.481 e. The second kappa shape index (κ2) is 5.95. The van der Waals surface area contributed by atoms with Gasteiger partial charge in [-0.3, -0.25) is 4.79 Å². The zero-order chi connectivity index (χ0) is 12.1. The molecule has 0 aromatic carbocycles. The molecule has 2 aromatic rings. The quantitative estimate of drug-likeness (QED) is 0.845. The summed E-state index contributed by atoms with van der Waals surface area (Å²) in [6, 6.07) is 7.86. The molecule has 0 aliphatic rings. The van der Waals surface area contributed by atoms with E-state index in [1.807, 2.05) is 35.0 Å². The van der Waals surface area contributed by atoms with Crippen LogP contribution in [0.1, 0.15) is 22.2 Å². The lowest BCUT2D eigenvalue weighted by Crippen LogP contribution is -2.22. The highest BCUT2D eigenvalue weighted by atomic mass is 32.1. The van der Waals surface area contributed by atoms with E-state index in [-0.39, 0.29) is 12.5 Å². The number of carboxylic acid groups (broad SMARTS) is 1. The van der Waals surface area contributed by atoms with Crippen LogP contribution in [-0.4, -0.2) is 11.1 Å². The molecule has 2 rings (SSSR count). The van der Waals surface area contributed by atoms with Gasteiger partial charge in [0.2, 0.25) is 0 Å². The van der Waals surface area contributed by atoms with Crippen molar-refractivity contribution in [2.45, 2.75) is 19.0 Å². The highest BCUT2D eigenvalue weighted by molar-refractivity contribution is 7.10. The van der Waals surface area contributed by atoms with Gasteiger partial charge in [0, 0.05) is 16.3 Å². The van der Waals surface area contributed by atoms with Crippen LogP contribution in [0.4, 0.5) is 0 Å². The Labute approximate surface area is 108 Å². The molecule has 0 bridgehead atoms. The molecule has 0 aliphatic heterocycles. The first-order chi connectivity index (χ1) is 8.25. The molecule has 17 heavy (non-hydrogen) atoms. The van der Waals surface area contributed by atoms with E-state index in [4.69, 9.17) is 5.11 Å². The lowest BCUT2D eigenvalue weighted by molar-refractivity contribution is -0.137. The molecule has 1 atom stereocenters. The first kappa shape index (κ1) is 12.3. The van der Waals surface area contributed by atoms with E-state index in [0.717, 1.165) is 4.88 Å². The first-order valence-electron chi connectivity index (χ1n) is 5.26. The molecule has 2 N–H and O–H groups in total. The summed E-state index contributed by atoms with van der Waals surface area (Å²) in [5.41, 5.74) is 0. The highest BCUT2D eigenvalue weighted by Crippen LogP contribution is 2.23. The van der Waals surface area contributed by atoms with Gasteiger partial charge in [0.15, 0.2) is 0 Å². The van der Waals surface area contributed by atoms with Crippen LogP contribution in [0, 0.1) is 0 Å². The van der Waals surface area contributed by atoms with E-state index in [1.54, 1.807) is 22.7 Å². The van der Waals surface area contributed by atoms with E-state index < -0.39 is 5.97 Å². The molecule has 2 heterocycles. The summed E-state index contributed by atoms with van der Waals surface area (Å²) in [4.78, 5) is 13.1. The topological polar surface area (TPSA) is 49.3 Å². The van der Waals surface area contributed by atoms with Crippen LogP contribution in [0.15, 0.2) is 35.0 Å². The summed E-state index contributed by atoms with van der Waals surface area (Å²) >= 11 is 3.26. The number of nitrogens with one attached hydrogen (secondary N) is 1. The summed E-state index contributed by atoms with van der Waals surface area (Å²) < 4.78 is 0. The van der Waals surface area contributed by atoms with Gasteiger partial charge in [0.05, 0.1) is 12.5 Å². The first-order valence-corrected chi connectivity index (χ1v) is 7.02. The van der Waals surface area contributed by atoms with E-state index >= 15 is 0 Å². The van der Waals surface area contributed by atoms with Crippen molar-refractivity contribution in [2.24, 2.45) is 0 Å². The lowest BCUT2D eigenvalue weighted by atomic mass is 10.1. The fourth-order valence-corrected chi connectivity index (χ4v) is 3.03. The number of thiophene rings is 2. The van der Waals surface area contributed by atoms with E-state index in [2.05, 4.69) is 5.32 Å². The molecule has 2 aromatic heterocycles. The maximum absolute atomic E-state index is 10.8. The van der Waals surface area contributed by atoms with Gasteiger partial charge in [-0.25, -0.2) is 0 Å². The normalized spacial score (nSPS) is 12.5. The zero-order valence-corrected chi connectivity index (χ0v) is 10.8. The molecule has 5 heteroatoms. The van der Waals surface area contributed by atoms with Gasteiger partial charge in [-0.15, -0.1) is 22.7 Å². The Morgan fingerprint density at radius 2 is 2.06 bits per heavy atom. The zero-order valence-electron chi connectivity index (χ0n) is 9.13. The van der Waals surface area contributed by atoms with Crippen molar-refractivity contribution in [3.8, 4) is 0 Å². The average Bonchev–Trinajstić information content (AvgIpc) is 2.96. The minimum atomic E-state index is -0.776. The van der Waals surface area contributed by atoms with Crippen molar-refractivity contribution < 1.29 is 9.90 Å². The Balaban J connectivity index is 1.98. The van der Waals surface area contributed by atoms with Gasteiger partial charge in [-0.1, -0.05) is 12.1 Å². The fourth-order valence-electron chi connectivity index (χ4n) is 1.57. The molecule has 90 valence electrons. The molecule has 0 saturated heterocycles. The van der Waals surface area contributed by atoms with Crippen molar-refractivity contribution >= 4 is 28.6 Å². The summed E-state index contributed by atoms with van der Waals surface area (Å²) in [6.07, 6.45) is 0.117. The Bertz CT molecular complexity index is 451. The fraction of sp³-hybridized carbons (Fsp3) is 0.250. The molecular weight excluding hydrogens is 254 g/mol. The van der Waals surface area contributed by atoms with Gasteiger partial charge in [-0.05, 0) is 22.9 Å². The number of carboxylic acids is 1. The van der Waals surface area contributed by atoms with E-state index in [1.165, 1.54) is 4.88 Å². The van der Waals surface area contributed by atoms with Crippen molar-refractivity contribution in [1.82, 2.24) is 5.32 Å². The highest BCUT2D eigenvalue weighted by Gasteiger charge is 2.15. The number of aliphatic carboxylic acids is 1. The van der Waals surface area contributed by atoms with Gasteiger partial charge in [0.25, 0.3) is 0 Å². The molecule has 0 amide bonds. The van der Waals surface area contributed by atoms with Crippen molar-refractivity contribution in [3.63, 3.8) is 0 Å². The molecule has 1 unspecified atom stereocenters. The third-order valence-corrected chi connectivity index (χ3v) is 4.23. The summed E-state index contributed by atoms with van der Waals surface area (Å²) in [5, 5.41) is 16.2. The number of carbonyl (C=O) groups is 1. The van der Waals surface area contributed by atoms with Gasteiger partial charge >= 0.3 is 5.97 Å². The standard InChI is InChI=1S/C12H13NO2S2/c14-12(15)7-10(11-4-2-6-17-11)13-8-9-3-1-5-16-9/h1-6,10,13H,7-8H2,(H,14,15). The molecule has 0 fully saturated rings. The Morgan fingerprint density at radius 1 is 1.29 bits per heavy atom. The van der Waals surface area contributed by atoms with E-state index in [9.17, 15) is 4.79 Å². The minimum absolute atomic E-state index is 0.102. The van der Waals surface area contributed by atoms with Gasteiger partial charge in [0.1, 0.15) is 0 Å². The Kier molecular flexibility index (Phi) is 4.30. The molecule has 0 saturated carbocycles. The Hall–Kier alpha value is -1.17. The lowest BCUT2D eigenvalue weighted by Gasteiger charge is -2.14. The second-order valence-corrected chi connectivity index (χ2v) is 5.64. The van der Waals surface area contributed by atoms with Crippen LogP contribution in [0.2, 0.25) is 0 Å². The monoisotopic (exact) mass is 267 g/mol. The number of hydrogen-bond acceptors (Lipinski definition) is 4. The van der Waals surface area contributed by atoms with Crippen molar-refractivity contribution in [1.29, 1.82) is 0 Å². The SMILES string of the molecule is O=C(O)CC(NCc1cccs1)c1cccs1. The van der Waals surface area contributed by atoms with Crippen LogP contribution in [0.5, 0.6) is 0 Å². The van der Waals surface area contributed by atoms with E-state index in [0.29, 0.717) is 6.54 Å². The van der Waals surface area contributed by atoms with Crippen LogP contribution >= 0.6 is 22.7 Å². The van der Waals surface area contributed by atoms with Crippen molar-refractivity contribution in [2.75, 3.05) is 0 Å². The second-order valence-electron chi connectivity index (χ2n) is 3.63. The van der Waals surface area contributed by atoms with Crippen LogP contribution < -0.4 is 5.32 Å². The predicted octanol–water partition coefficient (Wildman–Crippen LogP) is 3.12. The molecule has 0 spiro atoms. The van der Waals surface area contributed by atoms with Crippen LogP contribution in [0.25, 0.3) is 0 Å². The molecular formula is C12H13NO2S2. The number of rotatable bonds is 6. The molecule has 0 aliphatic carbocycles. The predicted molar refractivity (Wildman–Crippen MR) is 70.5 cm³/mol. The number of hydrogen-bond donors (Lipinski definition) is 2. The third-order valence-electron chi connectivity index (χ3n) is 2.37. The Morgan fingerprint density at radius 3 is 2.65 bits per heavy atom. The summed E-state index contributed by atoms with van der Waals surface area (Å²) in [7, 11) is 0.